The Kier molecular flexibility index (Phi) is 6.28. The molecule has 2 atom stereocenters. The van der Waals surface area contributed by atoms with Gasteiger partial charge in [-0.05, 0) is 113 Å². The summed E-state index contributed by atoms with van der Waals surface area (Å²) >= 11 is 1.91. The minimum Gasteiger partial charge on any atom is -0.335 e. The first-order chi connectivity index (χ1) is 24.2. The highest BCUT2D eigenvalue weighted by Gasteiger charge is 2.61. The maximum Gasteiger partial charge on any atom is 0.252 e. The van der Waals surface area contributed by atoms with Crippen LogP contribution in [0.4, 0.5) is 28.4 Å². The van der Waals surface area contributed by atoms with Crippen LogP contribution in [-0.4, -0.2) is 12.3 Å². The highest BCUT2D eigenvalue weighted by molar-refractivity contribution is 7.25. The quantitative estimate of drug-likeness (QED) is 0.159. The Balaban J connectivity index is 1.32. The molecule has 0 N–H and O–H groups in total. The van der Waals surface area contributed by atoms with Crippen molar-refractivity contribution in [1.82, 2.24) is 0 Å². The zero-order valence-electron chi connectivity index (χ0n) is 31.8. The molecule has 0 amide bonds. The molecule has 1 fully saturated rings. The normalized spacial score (nSPS) is 21.9. The van der Waals surface area contributed by atoms with Crippen LogP contribution < -0.4 is 26.2 Å². The summed E-state index contributed by atoms with van der Waals surface area (Å²) in [6.45, 7) is 21.9. The first kappa shape index (κ1) is 31.7. The molecule has 0 spiro atoms. The van der Waals surface area contributed by atoms with Gasteiger partial charge in [-0.15, -0.1) is 11.3 Å². The SMILES string of the molecule is Cc1cc2c3c(c1)N1c4c(cc(C(C)(C)C)cc4C4(C)CCCCC14C)B3c1ccc(C(C)(C)C)cc1N2c1ccc2c(c1)sc1ccccc12. The Morgan fingerprint density at radius 2 is 1.39 bits per heavy atom. The largest absolute Gasteiger partial charge is 0.335 e. The number of benzene rings is 5. The van der Waals surface area contributed by atoms with Crippen LogP contribution in [0.15, 0.2) is 84.9 Å². The third-order valence-electron chi connectivity index (χ3n) is 13.5. The zero-order chi connectivity index (χ0) is 35.4. The summed E-state index contributed by atoms with van der Waals surface area (Å²) in [7, 11) is 0. The van der Waals surface area contributed by atoms with E-state index in [0.717, 1.165) is 0 Å². The Bertz CT molecular complexity index is 2480. The second kappa shape index (κ2) is 10.1. The summed E-state index contributed by atoms with van der Waals surface area (Å²) in [5.74, 6) is 0. The van der Waals surface area contributed by atoms with Gasteiger partial charge in [-0.2, -0.15) is 0 Å². The average Bonchev–Trinajstić information content (AvgIpc) is 3.55. The molecular formula is C47H49BN2S. The van der Waals surface area contributed by atoms with Crippen molar-refractivity contribution >= 4 is 83.0 Å². The van der Waals surface area contributed by atoms with Crippen LogP contribution in [-0.2, 0) is 16.2 Å². The van der Waals surface area contributed by atoms with Gasteiger partial charge >= 0.3 is 0 Å². The number of aryl methyl sites for hydroxylation is 1. The molecule has 0 saturated heterocycles. The fourth-order valence-corrected chi connectivity index (χ4v) is 11.6. The van der Waals surface area contributed by atoms with E-state index in [1.54, 1.807) is 5.56 Å². The molecule has 256 valence electrons. The van der Waals surface area contributed by atoms with Crippen molar-refractivity contribution in [2.24, 2.45) is 0 Å². The lowest BCUT2D eigenvalue weighted by atomic mass is 9.33. The Labute approximate surface area is 308 Å². The standard InChI is InChI=1S/C47H49BN2S/c1-28-22-38-42-39(23-28)50-43-34(46(8)20-12-13-21-47(46,50)9)24-30(45(5,6)7)25-36(43)48(42)35-19-16-29(44(2,3)4)26-37(35)49(38)31-17-18-33-32-14-10-11-15-40(32)51-41(33)27-31/h10-11,14-19,22-27H,12-13,20-21H2,1-9H3. The van der Waals surface area contributed by atoms with E-state index in [2.05, 4.69) is 157 Å². The van der Waals surface area contributed by atoms with Gasteiger partial charge in [-0.3, -0.25) is 0 Å². The summed E-state index contributed by atoms with van der Waals surface area (Å²) in [4.78, 5) is 5.50. The lowest BCUT2D eigenvalue weighted by Crippen LogP contribution is -2.64. The number of rotatable bonds is 1. The minimum absolute atomic E-state index is 0.0164. The van der Waals surface area contributed by atoms with Crippen molar-refractivity contribution in [2.75, 3.05) is 9.80 Å². The van der Waals surface area contributed by atoms with Crippen molar-refractivity contribution in [3.8, 4) is 0 Å². The third-order valence-corrected chi connectivity index (χ3v) is 14.7. The molecule has 10 rings (SSSR count). The molecule has 1 aromatic heterocycles. The van der Waals surface area contributed by atoms with Crippen LogP contribution in [0.2, 0.25) is 0 Å². The summed E-state index contributed by atoms with van der Waals surface area (Å²) in [5, 5.41) is 2.70. The van der Waals surface area contributed by atoms with Crippen LogP contribution in [0.3, 0.4) is 0 Å². The van der Waals surface area contributed by atoms with Crippen molar-refractivity contribution in [1.29, 1.82) is 0 Å². The van der Waals surface area contributed by atoms with Crippen LogP contribution >= 0.6 is 11.3 Å². The monoisotopic (exact) mass is 684 g/mol. The number of hydrogen-bond donors (Lipinski definition) is 0. The van der Waals surface area contributed by atoms with E-state index in [0.29, 0.717) is 0 Å². The topological polar surface area (TPSA) is 6.48 Å². The van der Waals surface area contributed by atoms with E-state index in [1.807, 2.05) is 11.3 Å². The molecule has 3 aliphatic heterocycles. The smallest absolute Gasteiger partial charge is 0.252 e. The molecule has 5 aromatic carbocycles. The van der Waals surface area contributed by atoms with Crippen molar-refractivity contribution in [3.63, 3.8) is 0 Å². The maximum absolute atomic E-state index is 2.87. The van der Waals surface area contributed by atoms with E-state index in [9.17, 15) is 0 Å². The van der Waals surface area contributed by atoms with Crippen molar-refractivity contribution in [2.45, 2.75) is 110 Å². The predicted molar refractivity (Wildman–Crippen MR) is 224 cm³/mol. The van der Waals surface area contributed by atoms with Gasteiger partial charge in [0.25, 0.3) is 6.71 Å². The molecule has 51 heavy (non-hydrogen) atoms. The first-order valence-electron chi connectivity index (χ1n) is 19.2. The van der Waals surface area contributed by atoms with Gasteiger partial charge in [0.1, 0.15) is 0 Å². The number of anilines is 5. The third kappa shape index (κ3) is 4.12. The summed E-state index contributed by atoms with van der Waals surface area (Å²) in [5.41, 5.74) is 17.2. The molecule has 1 aliphatic carbocycles. The lowest BCUT2D eigenvalue weighted by Gasteiger charge is -2.53. The van der Waals surface area contributed by atoms with Gasteiger partial charge in [-0.25, -0.2) is 0 Å². The molecule has 1 saturated carbocycles. The summed E-state index contributed by atoms with van der Waals surface area (Å²) in [6, 6.07) is 33.8. The molecule has 6 aromatic rings. The molecule has 0 radical (unpaired) electrons. The fraction of sp³-hybridized carbons (Fsp3) is 0.362. The summed E-state index contributed by atoms with van der Waals surface area (Å²) in [6.07, 6.45) is 5.05. The van der Waals surface area contributed by atoms with Gasteiger partial charge in [0.2, 0.25) is 0 Å². The maximum atomic E-state index is 2.87. The first-order valence-corrected chi connectivity index (χ1v) is 20.0. The average molecular weight is 685 g/mol. The van der Waals surface area contributed by atoms with Gasteiger partial charge in [0.15, 0.2) is 0 Å². The minimum atomic E-state index is 0.0164. The Hall–Kier alpha value is -4.02. The number of fused-ring (bicyclic) bond motifs is 10. The van der Waals surface area contributed by atoms with E-state index >= 15 is 0 Å². The predicted octanol–water partition coefficient (Wildman–Crippen LogP) is 11.3. The molecule has 0 bridgehead atoms. The highest BCUT2D eigenvalue weighted by Crippen LogP contribution is 2.62. The van der Waals surface area contributed by atoms with Gasteiger partial charge in [-0.1, -0.05) is 110 Å². The molecular weight excluding hydrogens is 635 g/mol. The second-order valence-corrected chi connectivity index (χ2v) is 19.7. The van der Waals surface area contributed by atoms with Crippen LogP contribution in [0.1, 0.15) is 103 Å². The molecule has 4 heterocycles. The van der Waals surface area contributed by atoms with E-state index in [1.165, 1.54) is 107 Å². The number of hydrogen-bond acceptors (Lipinski definition) is 3. The number of thiophene rings is 1. The fourth-order valence-electron chi connectivity index (χ4n) is 10.5. The molecule has 2 nitrogen and oxygen atoms in total. The number of nitrogens with zero attached hydrogens (tertiary/aromatic N) is 2. The van der Waals surface area contributed by atoms with Gasteiger partial charge < -0.3 is 9.80 Å². The van der Waals surface area contributed by atoms with Crippen LogP contribution in [0.5, 0.6) is 0 Å². The van der Waals surface area contributed by atoms with Gasteiger partial charge in [0, 0.05) is 54.0 Å². The van der Waals surface area contributed by atoms with Crippen molar-refractivity contribution in [3.05, 3.63) is 107 Å². The molecule has 4 aliphatic rings. The highest BCUT2D eigenvalue weighted by atomic mass is 32.1. The van der Waals surface area contributed by atoms with E-state index in [4.69, 9.17) is 0 Å². The van der Waals surface area contributed by atoms with Crippen molar-refractivity contribution < 1.29 is 0 Å². The van der Waals surface area contributed by atoms with E-state index in [-0.39, 0.29) is 28.5 Å². The second-order valence-electron chi connectivity index (χ2n) is 18.6. The molecule has 2 unspecified atom stereocenters. The van der Waals surface area contributed by atoms with E-state index < -0.39 is 0 Å². The lowest BCUT2D eigenvalue weighted by molar-refractivity contribution is 0.195. The Morgan fingerprint density at radius 1 is 0.667 bits per heavy atom. The van der Waals surface area contributed by atoms with Crippen LogP contribution in [0.25, 0.3) is 20.2 Å². The Morgan fingerprint density at radius 3 is 2.18 bits per heavy atom. The zero-order valence-corrected chi connectivity index (χ0v) is 32.6. The van der Waals surface area contributed by atoms with Crippen LogP contribution in [0, 0.1) is 6.92 Å². The molecule has 4 heteroatoms. The summed E-state index contributed by atoms with van der Waals surface area (Å²) < 4.78 is 2.70. The van der Waals surface area contributed by atoms with Gasteiger partial charge in [0.05, 0.1) is 5.54 Å².